The molecule has 0 bridgehead atoms. The van der Waals surface area contributed by atoms with Crippen molar-refractivity contribution in [3.63, 3.8) is 0 Å². The molecule has 0 saturated heterocycles. The third kappa shape index (κ3) is 5.84. The van der Waals surface area contributed by atoms with Crippen LogP contribution in [0.1, 0.15) is 0 Å². The Kier molecular flexibility index (Phi) is 7.97. The van der Waals surface area contributed by atoms with Gasteiger partial charge in [-0.3, -0.25) is 0 Å². The van der Waals surface area contributed by atoms with E-state index < -0.39 is 0 Å². The summed E-state index contributed by atoms with van der Waals surface area (Å²) in [5.41, 5.74) is 11.2. The monoisotopic (exact) mass is 746 g/mol. The Bertz CT molecular complexity index is 3130. The van der Waals surface area contributed by atoms with E-state index in [0.29, 0.717) is 5.82 Å². The smallest absolute Gasteiger partial charge is 0.160 e. The van der Waals surface area contributed by atoms with Gasteiger partial charge in [0, 0.05) is 70.4 Å². The van der Waals surface area contributed by atoms with Gasteiger partial charge < -0.3 is 9.47 Å². The van der Waals surface area contributed by atoms with Gasteiger partial charge in [-0.05, 0) is 72.8 Å². The summed E-state index contributed by atoms with van der Waals surface area (Å²) in [4.78, 5) is 13.0. The maximum atomic E-state index is 5.32. The fraction of sp³-hybridized carbons (Fsp3) is 0. The molecule has 8 aromatic carbocycles. The summed E-state index contributed by atoms with van der Waals surface area (Å²) in [5, 5.41) is 5.00. The van der Waals surface area contributed by atoms with E-state index in [9.17, 15) is 0 Å². The van der Waals surface area contributed by atoms with E-state index in [1.165, 1.54) is 30.9 Å². The first-order chi connectivity index (χ1) is 28.2. The number of nitrogens with zero attached hydrogens (tertiary/aromatic N) is 4. The SMILES string of the molecule is c1ccc(-c2cc(-c3ccccc3)nc(-c3cc(N(c4ccccc4)c4ccccc4)cc(-n4c5ccccc5c5cc6sc7ccccc7c6cc54)c3)n2)cc1. The van der Waals surface area contributed by atoms with Gasteiger partial charge >= 0.3 is 0 Å². The van der Waals surface area contributed by atoms with Crippen LogP contribution in [0.25, 0.3) is 81.6 Å². The Morgan fingerprint density at radius 3 is 1.58 bits per heavy atom. The molecule has 5 heteroatoms. The Hall–Kier alpha value is -7.34. The van der Waals surface area contributed by atoms with Crippen molar-refractivity contribution in [1.29, 1.82) is 0 Å². The average molecular weight is 747 g/mol. The minimum absolute atomic E-state index is 0.659. The van der Waals surface area contributed by atoms with Crippen molar-refractivity contribution in [2.24, 2.45) is 0 Å². The summed E-state index contributed by atoms with van der Waals surface area (Å²) < 4.78 is 5.02. The van der Waals surface area contributed by atoms with Crippen LogP contribution in [0.3, 0.4) is 0 Å². The van der Waals surface area contributed by atoms with Crippen LogP contribution >= 0.6 is 11.3 Å². The number of para-hydroxylation sites is 3. The molecule has 0 aliphatic carbocycles. The number of thiophene rings is 1. The van der Waals surface area contributed by atoms with Crippen LogP contribution in [-0.2, 0) is 0 Å². The zero-order valence-electron chi connectivity index (χ0n) is 30.8. The molecule has 0 aliphatic rings. The molecule has 0 atom stereocenters. The molecule has 0 N–H and O–H groups in total. The van der Waals surface area contributed by atoms with Gasteiger partial charge in [0.25, 0.3) is 0 Å². The molecule has 3 heterocycles. The lowest BCUT2D eigenvalue weighted by molar-refractivity contribution is 1.15. The quantitative estimate of drug-likeness (QED) is 0.163. The molecule has 0 radical (unpaired) electrons. The molecule has 0 saturated carbocycles. The van der Waals surface area contributed by atoms with Gasteiger partial charge in [0.2, 0.25) is 0 Å². The van der Waals surface area contributed by atoms with Crippen molar-refractivity contribution < 1.29 is 0 Å². The highest BCUT2D eigenvalue weighted by molar-refractivity contribution is 7.25. The lowest BCUT2D eigenvalue weighted by Gasteiger charge is -2.27. The highest BCUT2D eigenvalue weighted by Gasteiger charge is 2.21. The first-order valence-corrected chi connectivity index (χ1v) is 20.0. The lowest BCUT2D eigenvalue weighted by atomic mass is 10.1. The topological polar surface area (TPSA) is 34.0 Å². The van der Waals surface area contributed by atoms with Gasteiger partial charge in [0.1, 0.15) is 0 Å². The summed E-state index contributed by atoms with van der Waals surface area (Å²) in [7, 11) is 0. The largest absolute Gasteiger partial charge is 0.310 e. The average Bonchev–Trinajstić information content (AvgIpc) is 3.81. The van der Waals surface area contributed by atoms with Gasteiger partial charge in [0.05, 0.1) is 22.4 Å². The van der Waals surface area contributed by atoms with Gasteiger partial charge in [-0.2, -0.15) is 0 Å². The maximum absolute atomic E-state index is 5.32. The van der Waals surface area contributed by atoms with Crippen molar-refractivity contribution in [2.75, 3.05) is 4.90 Å². The number of hydrogen-bond donors (Lipinski definition) is 0. The van der Waals surface area contributed by atoms with Crippen LogP contribution in [0.2, 0.25) is 0 Å². The highest BCUT2D eigenvalue weighted by Crippen LogP contribution is 2.43. The maximum Gasteiger partial charge on any atom is 0.160 e. The van der Waals surface area contributed by atoms with Crippen LogP contribution in [0.5, 0.6) is 0 Å². The second kappa shape index (κ2) is 13.7. The third-order valence-corrected chi connectivity index (χ3v) is 11.9. The van der Waals surface area contributed by atoms with E-state index in [4.69, 9.17) is 9.97 Å². The van der Waals surface area contributed by atoms with Crippen LogP contribution in [-0.4, -0.2) is 14.5 Å². The molecule has 0 spiro atoms. The van der Waals surface area contributed by atoms with Crippen molar-refractivity contribution in [3.8, 4) is 39.6 Å². The zero-order valence-corrected chi connectivity index (χ0v) is 31.6. The number of fused-ring (bicyclic) bond motifs is 6. The van der Waals surface area contributed by atoms with E-state index >= 15 is 0 Å². The number of hydrogen-bond acceptors (Lipinski definition) is 4. The zero-order chi connectivity index (χ0) is 37.7. The Labute approximate surface area is 334 Å². The Morgan fingerprint density at radius 1 is 0.368 bits per heavy atom. The second-order valence-electron chi connectivity index (χ2n) is 14.3. The molecular formula is C52H34N4S. The molecule has 11 aromatic rings. The predicted molar refractivity (Wildman–Crippen MR) is 240 cm³/mol. The summed E-state index contributed by atoms with van der Waals surface area (Å²) in [5.74, 6) is 0.659. The molecular weight excluding hydrogens is 713 g/mol. The van der Waals surface area contributed by atoms with Crippen LogP contribution in [0, 0.1) is 0 Å². The van der Waals surface area contributed by atoms with Gasteiger partial charge in [-0.25, -0.2) is 9.97 Å². The van der Waals surface area contributed by atoms with Crippen molar-refractivity contribution in [1.82, 2.24) is 14.5 Å². The molecule has 57 heavy (non-hydrogen) atoms. The minimum atomic E-state index is 0.659. The van der Waals surface area contributed by atoms with Crippen molar-refractivity contribution in [2.45, 2.75) is 0 Å². The van der Waals surface area contributed by atoms with E-state index in [1.54, 1.807) is 0 Å². The first kappa shape index (κ1) is 33.0. The molecule has 268 valence electrons. The van der Waals surface area contributed by atoms with Gasteiger partial charge in [-0.15, -0.1) is 11.3 Å². The van der Waals surface area contributed by atoms with Crippen molar-refractivity contribution in [3.05, 3.63) is 206 Å². The molecule has 0 fully saturated rings. The summed E-state index contributed by atoms with van der Waals surface area (Å²) in [6.45, 7) is 0. The fourth-order valence-corrected chi connectivity index (χ4v) is 9.27. The van der Waals surface area contributed by atoms with E-state index in [0.717, 1.165) is 61.9 Å². The number of rotatable bonds is 7. The van der Waals surface area contributed by atoms with E-state index in [-0.39, 0.29) is 0 Å². The van der Waals surface area contributed by atoms with E-state index in [1.807, 2.05) is 23.5 Å². The predicted octanol–water partition coefficient (Wildman–Crippen LogP) is 14.4. The summed E-state index contributed by atoms with van der Waals surface area (Å²) >= 11 is 1.86. The van der Waals surface area contributed by atoms with Gasteiger partial charge in [0.15, 0.2) is 5.82 Å². The molecule has 0 aliphatic heterocycles. The molecule has 0 amide bonds. The summed E-state index contributed by atoms with van der Waals surface area (Å²) in [6.07, 6.45) is 0. The Balaban J connectivity index is 1.23. The lowest BCUT2D eigenvalue weighted by Crippen LogP contribution is -2.11. The van der Waals surface area contributed by atoms with Crippen LogP contribution in [0.15, 0.2) is 206 Å². The highest BCUT2D eigenvalue weighted by atomic mass is 32.1. The standard InChI is InChI=1S/C52H34N4S/c1-5-17-35(18-6-1)46-34-47(36-19-7-2-8-20-36)54-52(53-46)37-29-40(55(38-21-9-3-10-22-38)39-23-11-4-12-24-39)31-41(30-37)56-48-27-15-13-25-42(48)44-33-51-45(32-49(44)56)43-26-14-16-28-50(43)57-51/h1-34H. The van der Waals surface area contributed by atoms with Crippen molar-refractivity contribution >= 4 is 70.4 Å². The molecule has 4 nitrogen and oxygen atoms in total. The Morgan fingerprint density at radius 2 is 0.930 bits per heavy atom. The minimum Gasteiger partial charge on any atom is -0.310 e. The third-order valence-electron chi connectivity index (χ3n) is 10.7. The second-order valence-corrected chi connectivity index (χ2v) is 15.3. The van der Waals surface area contributed by atoms with Crippen LogP contribution in [0.4, 0.5) is 17.1 Å². The van der Waals surface area contributed by atoms with Gasteiger partial charge in [-0.1, -0.05) is 133 Å². The number of anilines is 3. The number of benzene rings is 8. The first-order valence-electron chi connectivity index (χ1n) is 19.2. The fourth-order valence-electron chi connectivity index (χ4n) is 8.14. The van der Waals surface area contributed by atoms with Crippen LogP contribution < -0.4 is 4.90 Å². The summed E-state index contributed by atoms with van der Waals surface area (Å²) in [6, 6.07) is 73.1. The normalized spacial score (nSPS) is 11.5. The molecule has 11 rings (SSSR count). The molecule has 0 unspecified atom stereocenters. The molecule has 3 aromatic heterocycles. The van der Waals surface area contributed by atoms with E-state index in [2.05, 4.69) is 204 Å². The number of aromatic nitrogens is 3.